The number of nitrogens with zero attached hydrogens (tertiary/aromatic N) is 4. The number of imidazole rings is 1. The number of aryl methyl sites for hydroxylation is 1. The largest absolute Gasteiger partial charge is 0.493 e. The summed E-state index contributed by atoms with van der Waals surface area (Å²) < 4.78 is 18.5. The Labute approximate surface area is 195 Å². The average molecular weight is 468 g/mol. The molecule has 0 bridgehead atoms. The molecule has 2 aromatic carbocycles. The van der Waals surface area contributed by atoms with Gasteiger partial charge in [0.2, 0.25) is 0 Å². The molecule has 0 aliphatic rings. The molecule has 170 valence electrons. The maximum atomic E-state index is 12.5. The van der Waals surface area contributed by atoms with Gasteiger partial charge in [0.15, 0.2) is 23.0 Å². The number of nitrogens with two attached hydrogens (primary N) is 1. The molecule has 0 aliphatic heterocycles. The predicted octanol–water partition coefficient (Wildman–Crippen LogP) is 3.90. The third kappa shape index (κ3) is 5.32. The molecule has 0 amide bonds. The Balaban J connectivity index is 1.31. The van der Waals surface area contributed by atoms with Crippen molar-refractivity contribution < 1.29 is 19.0 Å². The van der Waals surface area contributed by atoms with Gasteiger partial charge in [-0.1, -0.05) is 23.7 Å². The standard InChI is InChI=1S/C23H22ClN5O4/c1-31-19-11-16(5-8-18(19)33-12-15-3-6-17(24)7-4-15)23(30)32-10-2-9-29-14-28-20-21(25)26-13-27-22(20)29/h3-8,11,13-14H,2,9-10,12H2,1H3,(H2,25,26,27). The fourth-order valence-electron chi connectivity index (χ4n) is 3.20. The number of benzene rings is 2. The quantitative estimate of drug-likeness (QED) is 0.291. The molecular weight excluding hydrogens is 446 g/mol. The number of carbonyl (C=O) groups is 1. The molecule has 10 heteroatoms. The zero-order valence-corrected chi connectivity index (χ0v) is 18.7. The fraction of sp³-hybridized carbons (Fsp3) is 0.217. The Bertz CT molecular complexity index is 1260. The lowest BCUT2D eigenvalue weighted by Crippen LogP contribution is -2.09. The van der Waals surface area contributed by atoms with Crippen LogP contribution in [0.1, 0.15) is 22.3 Å². The van der Waals surface area contributed by atoms with Gasteiger partial charge in [-0.2, -0.15) is 0 Å². The summed E-state index contributed by atoms with van der Waals surface area (Å²) in [6.07, 6.45) is 3.62. The number of esters is 1. The highest BCUT2D eigenvalue weighted by Crippen LogP contribution is 2.29. The van der Waals surface area contributed by atoms with Crippen molar-refractivity contribution >= 4 is 34.6 Å². The first-order valence-corrected chi connectivity index (χ1v) is 10.6. The van der Waals surface area contributed by atoms with E-state index in [1.165, 1.54) is 13.4 Å². The van der Waals surface area contributed by atoms with E-state index in [-0.39, 0.29) is 6.61 Å². The van der Waals surface area contributed by atoms with E-state index < -0.39 is 5.97 Å². The second-order valence-electron chi connectivity index (χ2n) is 7.14. The molecule has 9 nitrogen and oxygen atoms in total. The molecular formula is C23H22ClN5O4. The van der Waals surface area contributed by atoms with Crippen LogP contribution in [0.3, 0.4) is 0 Å². The zero-order valence-electron chi connectivity index (χ0n) is 17.9. The van der Waals surface area contributed by atoms with E-state index in [0.717, 1.165) is 5.56 Å². The van der Waals surface area contributed by atoms with Crippen molar-refractivity contribution in [2.45, 2.75) is 19.6 Å². The number of hydrogen-bond acceptors (Lipinski definition) is 8. The van der Waals surface area contributed by atoms with Gasteiger partial charge in [-0.25, -0.2) is 19.7 Å². The minimum atomic E-state index is -0.445. The molecule has 0 spiro atoms. The molecule has 2 N–H and O–H groups in total. The normalized spacial score (nSPS) is 10.8. The topological polar surface area (TPSA) is 114 Å². The van der Waals surface area contributed by atoms with Crippen LogP contribution >= 0.6 is 11.6 Å². The van der Waals surface area contributed by atoms with Crippen molar-refractivity contribution in [1.29, 1.82) is 0 Å². The van der Waals surface area contributed by atoms with E-state index in [9.17, 15) is 4.79 Å². The lowest BCUT2D eigenvalue weighted by atomic mass is 10.2. The Kier molecular flexibility index (Phi) is 6.89. The number of aromatic nitrogens is 4. The third-order valence-corrected chi connectivity index (χ3v) is 5.16. The van der Waals surface area contributed by atoms with Gasteiger partial charge < -0.3 is 24.5 Å². The number of anilines is 1. The number of ether oxygens (including phenoxy) is 3. The smallest absolute Gasteiger partial charge is 0.338 e. The lowest BCUT2D eigenvalue weighted by molar-refractivity contribution is 0.0496. The molecule has 0 unspecified atom stereocenters. The van der Waals surface area contributed by atoms with Crippen molar-refractivity contribution in [1.82, 2.24) is 19.5 Å². The monoisotopic (exact) mass is 467 g/mol. The van der Waals surface area contributed by atoms with Gasteiger partial charge in [-0.3, -0.25) is 0 Å². The highest BCUT2D eigenvalue weighted by Gasteiger charge is 2.13. The Morgan fingerprint density at radius 1 is 1.09 bits per heavy atom. The van der Waals surface area contributed by atoms with Crippen molar-refractivity contribution in [3.8, 4) is 11.5 Å². The van der Waals surface area contributed by atoms with E-state index in [0.29, 0.717) is 58.6 Å². The molecule has 4 rings (SSSR count). The highest BCUT2D eigenvalue weighted by molar-refractivity contribution is 6.30. The van der Waals surface area contributed by atoms with E-state index in [1.807, 2.05) is 16.7 Å². The summed E-state index contributed by atoms with van der Waals surface area (Å²) in [5.74, 6) is 0.858. The van der Waals surface area contributed by atoms with Crippen LogP contribution in [-0.4, -0.2) is 39.2 Å². The lowest BCUT2D eigenvalue weighted by Gasteiger charge is -2.12. The maximum absolute atomic E-state index is 12.5. The van der Waals surface area contributed by atoms with Crippen molar-refractivity contribution in [3.63, 3.8) is 0 Å². The summed E-state index contributed by atoms with van der Waals surface area (Å²) in [6.45, 7) is 1.15. The summed E-state index contributed by atoms with van der Waals surface area (Å²) in [5.41, 5.74) is 8.34. The van der Waals surface area contributed by atoms with Crippen LogP contribution in [0, 0.1) is 0 Å². The summed E-state index contributed by atoms with van der Waals surface area (Å²) in [4.78, 5) is 24.8. The molecule has 0 saturated carbocycles. The van der Waals surface area contributed by atoms with Crippen LogP contribution in [0.5, 0.6) is 11.5 Å². The summed E-state index contributed by atoms with van der Waals surface area (Å²) in [7, 11) is 1.52. The van der Waals surface area contributed by atoms with Gasteiger partial charge in [0.05, 0.1) is 25.6 Å². The van der Waals surface area contributed by atoms with Crippen LogP contribution in [-0.2, 0) is 17.9 Å². The molecule has 0 fully saturated rings. The van der Waals surface area contributed by atoms with Gasteiger partial charge in [0.1, 0.15) is 18.5 Å². The summed E-state index contributed by atoms with van der Waals surface area (Å²) >= 11 is 5.91. The van der Waals surface area contributed by atoms with Crippen LogP contribution < -0.4 is 15.2 Å². The molecule has 0 aliphatic carbocycles. The van der Waals surface area contributed by atoms with Crippen molar-refractivity contribution in [2.75, 3.05) is 19.5 Å². The minimum absolute atomic E-state index is 0.232. The molecule has 33 heavy (non-hydrogen) atoms. The van der Waals surface area contributed by atoms with Gasteiger partial charge in [-0.05, 0) is 42.3 Å². The van der Waals surface area contributed by atoms with Crippen molar-refractivity contribution in [3.05, 3.63) is 71.3 Å². The number of methoxy groups -OCH3 is 1. The molecule has 2 aromatic heterocycles. The van der Waals surface area contributed by atoms with E-state index in [1.54, 1.807) is 36.7 Å². The van der Waals surface area contributed by atoms with E-state index >= 15 is 0 Å². The second kappa shape index (κ2) is 10.2. The molecule has 0 atom stereocenters. The molecule has 0 radical (unpaired) electrons. The predicted molar refractivity (Wildman–Crippen MR) is 123 cm³/mol. The van der Waals surface area contributed by atoms with Gasteiger partial charge in [0.25, 0.3) is 0 Å². The molecule has 0 saturated heterocycles. The zero-order chi connectivity index (χ0) is 23.2. The Morgan fingerprint density at radius 2 is 1.91 bits per heavy atom. The fourth-order valence-corrected chi connectivity index (χ4v) is 3.33. The average Bonchev–Trinajstić information content (AvgIpc) is 3.25. The number of rotatable bonds is 9. The van der Waals surface area contributed by atoms with Crippen LogP contribution in [0.15, 0.2) is 55.1 Å². The second-order valence-corrected chi connectivity index (χ2v) is 7.58. The SMILES string of the molecule is COc1cc(C(=O)OCCCn2cnc3c(N)ncnc32)ccc1OCc1ccc(Cl)cc1. The maximum Gasteiger partial charge on any atom is 0.338 e. The number of nitrogen functional groups attached to an aromatic ring is 1. The molecule has 4 aromatic rings. The first-order valence-electron chi connectivity index (χ1n) is 10.2. The van der Waals surface area contributed by atoms with Crippen LogP contribution in [0.25, 0.3) is 11.2 Å². The number of carbonyl (C=O) groups excluding carboxylic acids is 1. The van der Waals surface area contributed by atoms with Crippen LogP contribution in [0.4, 0.5) is 5.82 Å². The van der Waals surface area contributed by atoms with Crippen LogP contribution in [0.2, 0.25) is 5.02 Å². The number of halogens is 1. The van der Waals surface area contributed by atoms with Gasteiger partial charge in [0, 0.05) is 11.6 Å². The number of fused-ring (bicyclic) bond motifs is 1. The highest BCUT2D eigenvalue weighted by atomic mass is 35.5. The first kappa shape index (κ1) is 22.3. The first-order chi connectivity index (χ1) is 16.0. The van der Waals surface area contributed by atoms with Crippen molar-refractivity contribution in [2.24, 2.45) is 0 Å². The third-order valence-electron chi connectivity index (χ3n) is 4.91. The summed E-state index contributed by atoms with van der Waals surface area (Å²) in [6, 6.07) is 12.3. The van der Waals surface area contributed by atoms with E-state index in [2.05, 4.69) is 15.0 Å². The molecule has 2 heterocycles. The van der Waals surface area contributed by atoms with E-state index in [4.69, 9.17) is 31.5 Å². The Morgan fingerprint density at radius 3 is 2.70 bits per heavy atom. The number of hydrogen-bond donors (Lipinski definition) is 1. The summed E-state index contributed by atoms with van der Waals surface area (Å²) in [5, 5.41) is 0.663. The minimum Gasteiger partial charge on any atom is -0.493 e. The Hall–Kier alpha value is -3.85. The van der Waals surface area contributed by atoms with Gasteiger partial charge >= 0.3 is 5.97 Å². The van der Waals surface area contributed by atoms with Gasteiger partial charge in [-0.15, -0.1) is 0 Å².